The average molecular weight is 255 g/mol. The maximum Gasteiger partial charge on any atom is 0.342 e. The molecule has 0 unspecified atom stereocenters. The second kappa shape index (κ2) is 4.11. The molecule has 17 heavy (non-hydrogen) atoms. The Hall–Kier alpha value is -2.00. The lowest BCUT2D eigenvalue weighted by molar-refractivity contribution is 0.422. The van der Waals surface area contributed by atoms with E-state index in [0.717, 1.165) is 6.20 Å². The number of hydrogen-bond donors (Lipinski definition) is 1. The van der Waals surface area contributed by atoms with Gasteiger partial charge in [0.15, 0.2) is 0 Å². The first kappa shape index (κ1) is 11.5. The summed E-state index contributed by atoms with van der Waals surface area (Å²) in [6, 6.07) is 2.79. The number of pyridine rings is 1. The van der Waals surface area contributed by atoms with E-state index in [4.69, 9.17) is 9.88 Å². The van der Waals surface area contributed by atoms with Gasteiger partial charge in [0.05, 0.1) is 6.20 Å². The molecule has 0 saturated heterocycles. The number of nitrogens with two attached hydrogens (primary N) is 1. The minimum Gasteiger partial charge on any atom is -0.404 e. The van der Waals surface area contributed by atoms with Crippen LogP contribution in [0.4, 0.5) is 0 Å². The van der Waals surface area contributed by atoms with Gasteiger partial charge in [-0.25, -0.2) is 18.5 Å². The normalized spacial score (nSPS) is 11.4. The van der Waals surface area contributed by atoms with Gasteiger partial charge in [0.25, 0.3) is 0 Å². The van der Waals surface area contributed by atoms with E-state index in [2.05, 4.69) is 15.1 Å². The van der Waals surface area contributed by atoms with Crippen molar-refractivity contribution in [1.82, 2.24) is 19.7 Å². The predicted octanol–water partition coefficient (Wildman–Crippen LogP) is -0.350. The first-order valence-corrected chi connectivity index (χ1v) is 6.02. The van der Waals surface area contributed by atoms with Crippen LogP contribution in [0, 0.1) is 0 Å². The van der Waals surface area contributed by atoms with Crippen LogP contribution >= 0.6 is 0 Å². The minimum atomic E-state index is -3.74. The van der Waals surface area contributed by atoms with Crippen LogP contribution < -0.4 is 9.88 Å². The summed E-state index contributed by atoms with van der Waals surface area (Å²) in [4.78, 5) is 7.52. The van der Waals surface area contributed by atoms with Crippen molar-refractivity contribution in [3.05, 3.63) is 24.7 Å². The zero-order valence-corrected chi connectivity index (χ0v) is 9.63. The predicted molar refractivity (Wildman–Crippen MR) is 56.7 cm³/mol. The molecule has 2 aromatic heterocycles. The van der Waals surface area contributed by atoms with Gasteiger partial charge in [-0.1, -0.05) is 0 Å². The van der Waals surface area contributed by atoms with Gasteiger partial charge in [-0.15, -0.1) is 5.10 Å². The van der Waals surface area contributed by atoms with Gasteiger partial charge < -0.3 is 4.74 Å². The third kappa shape index (κ3) is 2.77. The topological polar surface area (TPSA) is 113 Å². The second-order valence-corrected chi connectivity index (χ2v) is 4.74. The highest BCUT2D eigenvalue weighted by Gasteiger charge is 2.09. The molecule has 0 radical (unpaired) electrons. The molecule has 0 aliphatic carbocycles. The number of rotatable bonds is 3. The maximum absolute atomic E-state index is 11.0. The number of nitrogens with zero attached hydrogens (tertiary/aromatic N) is 4. The molecule has 8 nitrogen and oxygen atoms in total. The number of hydrogen-bond acceptors (Lipinski definition) is 6. The molecule has 2 rings (SSSR count). The lowest BCUT2D eigenvalue weighted by Gasteiger charge is -2.00. The Morgan fingerprint density at radius 2 is 2.12 bits per heavy atom. The Kier molecular flexibility index (Phi) is 2.77. The molecule has 0 aliphatic rings. The van der Waals surface area contributed by atoms with E-state index in [0.29, 0.717) is 0 Å². The summed E-state index contributed by atoms with van der Waals surface area (Å²) in [6.07, 6.45) is 2.57. The van der Waals surface area contributed by atoms with Crippen LogP contribution in [0.3, 0.4) is 0 Å². The van der Waals surface area contributed by atoms with E-state index in [1.54, 1.807) is 7.05 Å². The molecule has 2 heterocycles. The summed E-state index contributed by atoms with van der Waals surface area (Å²) in [6.45, 7) is 0. The molecule has 2 aromatic rings. The summed E-state index contributed by atoms with van der Waals surface area (Å²) < 4.78 is 28.6. The van der Waals surface area contributed by atoms with Gasteiger partial charge in [-0.2, -0.15) is 4.98 Å². The van der Waals surface area contributed by atoms with Crippen molar-refractivity contribution in [2.75, 3.05) is 0 Å². The third-order valence-electron chi connectivity index (χ3n) is 1.81. The van der Waals surface area contributed by atoms with Gasteiger partial charge in [0.1, 0.15) is 11.2 Å². The van der Waals surface area contributed by atoms with Crippen molar-refractivity contribution in [2.24, 2.45) is 12.2 Å². The fraction of sp³-hybridized carbons (Fsp3) is 0.125. The Labute approximate surface area is 97.1 Å². The highest BCUT2D eigenvalue weighted by molar-refractivity contribution is 7.89. The van der Waals surface area contributed by atoms with Crippen molar-refractivity contribution in [3.8, 4) is 11.9 Å². The van der Waals surface area contributed by atoms with E-state index in [1.165, 1.54) is 23.1 Å². The van der Waals surface area contributed by atoms with E-state index in [-0.39, 0.29) is 16.8 Å². The number of aromatic nitrogens is 4. The fourth-order valence-electron chi connectivity index (χ4n) is 1.06. The van der Waals surface area contributed by atoms with Crippen LogP contribution in [-0.4, -0.2) is 28.2 Å². The molecular weight excluding hydrogens is 246 g/mol. The smallest absolute Gasteiger partial charge is 0.342 e. The maximum atomic E-state index is 11.0. The summed E-state index contributed by atoms with van der Waals surface area (Å²) >= 11 is 0. The third-order valence-corrected chi connectivity index (χ3v) is 2.71. The van der Waals surface area contributed by atoms with Crippen LogP contribution in [0.25, 0.3) is 0 Å². The highest BCUT2D eigenvalue weighted by atomic mass is 32.2. The molecule has 0 aromatic carbocycles. The first-order chi connectivity index (χ1) is 7.95. The molecular formula is C8H9N5O3S. The monoisotopic (exact) mass is 255 g/mol. The van der Waals surface area contributed by atoms with Gasteiger partial charge in [-0.05, 0) is 6.07 Å². The molecule has 2 N–H and O–H groups in total. The lowest BCUT2D eigenvalue weighted by atomic mass is 10.5. The zero-order valence-electron chi connectivity index (χ0n) is 8.81. The van der Waals surface area contributed by atoms with E-state index in [9.17, 15) is 8.42 Å². The summed E-state index contributed by atoms with van der Waals surface area (Å²) in [7, 11) is -2.05. The Balaban J connectivity index is 2.19. The van der Waals surface area contributed by atoms with Crippen molar-refractivity contribution in [3.63, 3.8) is 0 Å². The van der Waals surface area contributed by atoms with Crippen molar-refractivity contribution in [1.29, 1.82) is 0 Å². The second-order valence-electron chi connectivity index (χ2n) is 3.18. The van der Waals surface area contributed by atoms with Crippen molar-refractivity contribution >= 4 is 10.0 Å². The summed E-state index contributed by atoms with van der Waals surface area (Å²) in [5.41, 5.74) is 0. The lowest BCUT2D eigenvalue weighted by Crippen LogP contribution is -2.12. The number of sulfonamides is 1. The number of primary sulfonamides is 1. The quantitative estimate of drug-likeness (QED) is 0.802. The zero-order chi connectivity index (χ0) is 12.5. The van der Waals surface area contributed by atoms with Crippen molar-refractivity contribution < 1.29 is 13.2 Å². The summed E-state index contributed by atoms with van der Waals surface area (Å²) in [5.74, 6) is 0.184. The number of ether oxygens (including phenoxy) is 1. The van der Waals surface area contributed by atoms with Crippen LogP contribution in [0.15, 0.2) is 29.6 Å². The highest BCUT2D eigenvalue weighted by Crippen LogP contribution is 2.15. The molecule has 0 amide bonds. The van der Waals surface area contributed by atoms with Crippen LogP contribution in [0.5, 0.6) is 11.9 Å². The van der Waals surface area contributed by atoms with Crippen molar-refractivity contribution in [2.45, 2.75) is 4.90 Å². The van der Waals surface area contributed by atoms with E-state index in [1.807, 2.05) is 0 Å². The fourth-order valence-corrected chi connectivity index (χ4v) is 1.51. The molecule has 9 heteroatoms. The Morgan fingerprint density at radius 3 is 2.59 bits per heavy atom. The molecule has 0 aliphatic heterocycles. The van der Waals surface area contributed by atoms with Crippen LogP contribution in [-0.2, 0) is 17.1 Å². The standard InChI is InChI=1S/C8H9N5O3S/c1-13-5-11-8(12-13)16-7-3-2-6(4-10-7)17(9,14)15/h2-5H,1H3,(H2,9,14,15). The Bertz CT molecular complexity index is 619. The SMILES string of the molecule is Cn1cnc(Oc2ccc(S(N)(=O)=O)cn2)n1. The van der Waals surface area contributed by atoms with E-state index >= 15 is 0 Å². The molecule has 0 saturated carbocycles. The minimum absolute atomic E-state index is 0.0844. The van der Waals surface area contributed by atoms with Gasteiger partial charge in [0, 0.05) is 13.1 Å². The van der Waals surface area contributed by atoms with Crippen LogP contribution in [0.2, 0.25) is 0 Å². The largest absolute Gasteiger partial charge is 0.404 e. The van der Waals surface area contributed by atoms with Gasteiger partial charge in [-0.3, -0.25) is 4.68 Å². The van der Waals surface area contributed by atoms with Gasteiger partial charge >= 0.3 is 6.01 Å². The Morgan fingerprint density at radius 1 is 1.35 bits per heavy atom. The van der Waals surface area contributed by atoms with Crippen LogP contribution in [0.1, 0.15) is 0 Å². The molecule has 0 spiro atoms. The molecule has 0 atom stereocenters. The summed E-state index contributed by atoms with van der Waals surface area (Å²) in [5, 5.41) is 8.80. The average Bonchev–Trinajstić information content (AvgIpc) is 2.63. The number of aryl methyl sites for hydroxylation is 1. The molecule has 0 fully saturated rings. The van der Waals surface area contributed by atoms with Gasteiger partial charge in [0.2, 0.25) is 15.9 Å². The van der Waals surface area contributed by atoms with E-state index < -0.39 is 10.0 Å². The molecule has 0 bridgehead atoms. The first-order valence-electron chi connectivity index (χ1n) is 4.47. The molecule has 90 valence electrons.